The number of anilines is 1. The monoisotopic (exact) mass is 280 g/mol. The van der Waals surface area contributed by atoms with Crippen LogP contribution in [0, 0.1) is 0 Å². The molecular weight excluding hydrogens is 264 g/mol. The van der Waals surface area contributed by atoms with Gasteiger partial charge in [-0.15, -0.1) is 0 Å². The summed E-state index contributed by atoms with van der Waals surface area (Å²) in [4.78, 5) is 12.1. The molecule has 3 aromatic rings. The van der Waals surface area contributed by atoms with E-state index in [1.807, 2.05) is 49.4 Å². The predicted molar refractivity (Wildman–Crippen MR) is 83.1 cm³/mol. The van der Waals surface area contributed by atoms with Crippen LogP contribution in [0.2, 0.25) is 0 Å². The first-order valence-corrected chi connectivity index (χ1v) is 6.78. The van der Waals surface area contributed by atoms with E-state index in [1.165, 1.54) is 0 Å². The van der Waals surface area contributed by atoms with Gasteiger partial charge in [0.05, 0.1) is 17.9 Å². The molecule has 1 atom stereocenters. The number of amides is 2. The number of hydrogen-bond acceptors (Lipinski definition) is 2. The second kappa shape index (κ2) is 5.66. The lowest BCUT2D eigenvalue weighted by Crippen LogP contribution is -2.31. The van der Waals surface area contributed by atoms with Gasteiger partial charge in [-0.2, -0.15) is 5.10 Å². The SMILES string of the molecule is C[C@@H](NC(=O)Nc1cccc2ccccc12)c1cn[nH]c1. The van der Waals surface area contributed by atoms with Crippen LogP contribution in [0.5, 0.6) is 0 Å². The fourth-order valence-electron chi connectivity index (χ4n) is 2.27. The van der Waals surface area contributed by atoms with Crippen molar-refractivity contribution in [3.8, 4) is 0 Å². The molecule has 1 aromatic heterocycles. The lowest BCUT2D eigenvalue weighted by molar-refractivity contribution is 0.249. The van der Waals surface area contributed by atoms with Crippen molar-refractivity contribution in [3.63, 3.8) is 0 Å². The molecular formula is C16H16N4O. The Hall–Kier alpha value is -2.82. The van der Waals surface area contributed by atoms with E-state index in [-0.39, 0.29) is 12.1 Å². The average molecular weight is 280 g/mol. The van der Waals surface area contributed by atoms with Crippen LogP contribution in [0.15, 0.2) is 54.9 Å². The van der Waals surface area contributed by atoms with Crippen molar-refractivity contribution in [2.24, 2.45) is 0 Å². The first-order valence-electron chi connectivity index (χ1n) is 6.78. The molecule has 0 aliphatic rings. The second-order valence-corrected chi connectivity index (χ2v) is 4.88. The van der Waals surface area contributed by atoms with Crippen LogP contribution in [-0.2, 0) is 0 Å². The van der Waals surface area contributed by atoms with Gasteiger partial charge in [0.15, 0.2) is 0 Å². The van der Waals surface area contributed by atoms with Crippen molar-refractivity contribution in [1.29, 1.82) is 0 Å². The number of aromatic amines is 1. The second-order valence-electron chi connectivity index (χ2n) is 4.88. The smallest absolute Gasteiger partial charge is 0.319 e. The van der Waals surface area contributed by atoms with E-state index in [0.29, 0.717) is 0 Å². The lowest BCUT2D eigenvalue weighted by atomic mass is 10.1. The molecule has 0 aliphatic carbocycles. The van der Waals surface area contributed by atoms with E-state index in [1.54, 1.807) is 12.4 Å². The molecule has 0 aliphatic heterocycles. The van der Waals surface area contributed by atoms with Gasteiger partial charge in [0, 0.05) is 17.1 Å². The molecule has 3 rings (SSSR count). The molecule has 0 radical (unpaired) electrons. The van der Waals surface area contributed by atoms with Crippen LogP contribution in [0.1, 0.15) is 18.5 Å². The summed E-state index contributed by atoms with van der Waals surface area (Å²) in [5, 5.41) is 14.5. The van der Waals surface area contributed by atoms with Crippen molar-refractivity contribution in [1.82, 2.24) is 15.5 Å². The predicted octanol–water partition coefficient (Wildman–Crippen LogP) is 3.45. The van der Waals surface area contributed by atoms with E-state index in [0.717, 1.165) is 22.0 Å². The van der Waals surface area contributed by atoms with Crippen LogP contribution in [-0.4, -0.2) is 16.2 Å². The number of aromatic nitrogens is 2. The summed E-state index contributed by atoms with van der Waals surface area (Å²) < 4.78 is 0. The third kappa shape index (κ3) is 2.86. The zero-order chi connectivity index (χ0) is 14.7. The first kappa shape index (κ1) is 13.2. The molecule has 3 N–H and O–H groups in total. The number of carbonyl (C=O) groups is 1. The topological polar surface area (TPSA) is 69.8 Å². The van der Waals surface area contributed by atoms with Crippen molar-refractivity contribution in [2.45, 2.75) is 13.0 Å². The van der Waals surface area contributed by atoms with E-state index < -0.39 is 0 Å². The molecule has 0 spiro atoms. The van der Waals surface area contributed by atoms with E-state index in [4.69, 9.17) is 0 Å². The fourth-order valence-corrected chi connectivity index (χ4v) is 2.27. The van der Waals surface area contributed by atoms with Gasteiger partial charge in [0.2, 0.25) is 0 Å². The molecule has 21 heavy (non-hydrogen) atoms. The van der Waals surface area contributed by atoms with Crippen molar-refractivity contribution in [3.05, 3.63) is 60.4 Å². The maximum Gasteiger partial charge on any atom is 0.319 e. The minimum atomic E-state index is -0.236. The zero-order valence-corrected chi connectivity index (χ0v) is 11.6. The van der Waals surface area contributed by atoms with Crippen LogP contribution < -0.4 is 10.6 Å². The summed E-state index contributed by atoms with van der Waals surface area (Å²) in [7, 11) is 0. The number of urea groups is 1. The largest absolute Gasteiger partial charge is 0.331 e. The molecule has 0 saturated carbocycles. The molecule has 0 fully saturated rings. The Morgan fingerprint density at radius 2 is 2.00 bits per heavy atom. The maximum absolute atomic E-state index is 12.1. The summed E-state index contributed by atoms with van der Waals surface area (Å²) in [5.41, 5.74) is 1.73. The van der Waals surface area contributed by atoms with E-state index >= 15 is 0 Å². The molecule has 106 valence electrons. The van der Waals surface area contributed by atoms with E-state index in [2.05, 4.69) is 20.8 Å². The number of nitrogens with zero attached hydrogens (tertiary/aromatic N) is 1. The first-order chi connectivity index (χ1) is 10.2. The van der Waals surface area contributed by atoms with Gasteiger partial charge in [0.1, 0.15) is 0 Å². The summed E-state index contributed by atoms with van der Waals surface area (Å²) in [6, 6.07) is 13.4. The highest BCUT2D eigenvalue weighted by Gasteiger charge is 2.11. The molecule has 2 aromatic carbocycles. The van der Waals surface area contributed by atoms with Gasteiger partial charge in [-0.25, -0.2) is 4.79 Å². The Morgan fingerprint density at radius 3 is 2.81 bits per heavy atom. The molecule has 1 heterocycles. The maximum atomic E-state index is 12.1. The van der Waals surface area contributed by atoms with Crippen LogP contribution >= 0.6 is 0 Å². The standard InChI is InChI=1S/C16H16N4O/c1-11(13-9-17-18-10-13)19-16(21)20-15-8-4-6-12-5-2-3-7-14(12)15/h2-11H,1H3,(H,17,18)(H2,19,20,21)/t11-/m1/s1. The Labute approximate surface area is 122 Å². The van der Waals surface area contributed by atoms with E-state index in [9.17, 15) is 4.79 Å². The number of benzene rings is 2. The Kier molecular flexibility index (Phi) is 3.55. The minimum Gasteiger partial charge on any atom is -0.331 e. The molecule has 0 saturated heterocycles. The Morgan fingerprint density at radius 1 is 1.19 bits per heavy atom. The summed E-state index contributed by atoms with van der Waals surface area (Å²) in [5.74, 6) is 0. The Balaban J connectivity index is 1.75. The van der Waals surface area contributed by atoms with Crippen LogP contribution in [0.4, 0.5) is 10.5 Å². The van der Waals surface area contributed by atoms with Crippen LogP contribution in [0.25, 0.3) is 10.8 Å². The van der Waals surface area contributed by atoms with Gasteiger partial charge in [-0.1, -0.05) is 36.4 Å². The van der Waals surface area contributed by atoms with Crippen molar-refractivity contribution >= 4 is 22.5 Å². The Bertz CT molecular complexity index is 747. The average Bonchev–Trinajstić information content (AvgIpc) is 3.02. The zero-order valence-electron chi connectivity index (χ0n) is 11.6. The van der Waals surface area contributed by atoms with Crippen LogP contribution in [0.3, 0.4) is 0 Å². The summed E-state index contributed by atoms with van der Waals surface area (Å²) >= 11 is 0. The third-order valence-corrected chi connectivity index (χ3v) is 3.40. The minimum absolute atomic E-state index is 0.112. The number of nitrogens with one attached hydrogen (secondary N) is 3. The summed E-state index contributed by atoms with van der Waals surface area (Å²) in [6.07, 6.45) is 3.46. The number of carbonyl (C=O) groups excluding carboxylic acids is 1. The molecule has 5 heteroatoms. The highest BCUT2D eigenvalue weighted by atomic mass is 16.2. The number of H-pyrrole nitrogens is 1. The third-order valence-electron chi connectivity index (χ3n) is 3.40. The van der Waals surface area contributed by atoms with Gasteiger partial charge < -0.3 is 10.6 Å². The van der Waals surface area contributed by atoms with Gasteiger partial charge in [-0.05, 0) is 18.4 Å². The highest BCUT2D eigenvalue weighted by Crippen LogP contribution is 2.23. The van der Waals surface area contributed by atoms with Gasteiger partial charge in [-0.3, -0.25) is 5.10 Å². The van der Waals surface area contributed by atoms with Gasteiger partial charge >= 0.3 is 6.03 Å². The molecule has 0 bridgehead atoms. The summed E-state index contributed by atoms with van der Waals surface area (Å²) in [6.45, 7) is 1.91. The quantitative estimate of drug-likeness (QED) is 0.687. The van der Waals surface area contributed by atoms with Gasteiger partial charge in [0.25, 0.3) is 0 Å². The van der Waals surface area contributed by atoms with Crippen molar-refractivity contribution < 1.29 is 4.79 Å². The lowest BCUT2D eigenvalue weighted by Gasteiger charge is -2.14. The highest BCUT2D eigenvalue weighted by molar-refractivity contribution is 6.01. The molecule has 2 amide bonds. The molecule has 5 nitrogen and oxygen atoms in total. The number of rotatable bonds is 3. The normalized spacial score (nSPS) is 12.0. The number of hydrogen-bond donors (Lipinski definition) is 3. The fraction of sp³-hybridized carbons (Fsp3) is 0.125. The molecule has 0 unspecified atom stereocenters. The van der Waals surface area contributed by atoms with Crippen molar-refractivity contribution in [2.75, 3.05) is 5.32 Å². The number of fused-ring (bicyclic) bond motifs is 1.